The van der Waals surface area contributed by atoms with Crippen molar-refractivity contribution in [2.45, 2.75) is 354 Å². The number of quaternary nitrogens is 1. The summed E-state index contributed by atoms with van der Waals surface area (Å²) >= 11 is 0. The zero-order valence-corrected chi connectivity index (χ0v) is 57.7. The Morgan fingerprint density at radius 3 is 1.09 bits per heavy atom. The smallest absolute Gasteiger partial charge is 0.456 e. The first-order chi connectivity index (χ1) is 41.4. The summed E-state index contributed by atoms with van der Waals surface area (Å²) in [5, 5.41) is 3.07. The van der Waals surface area contributed by atoms with Gasteiger partial charge < -0.3 is 19.4 Å². The van der Waals surface area contributed by atoms with Crippen molar-refractivity contribution in [3.63, 3.8) is 0 Å². The van der Waals surface area contributed by atoms with Gasteiger partial charge in [0.1, 0.15) is 19.3 Å². The number of nitrogens with one attached hydrogen (secondary N) is 1. The van der Waals surface area contributed by atoms with E-state index in [1.54, 1.807) is 0 Å². The molecule has 0 aliphatic rings. The Hall–Kier alpha value is -2.55. The van der Waals surface area contributed by atoms with E-state index in [2.05, 4.69) is 86.8 Å². The lowest BCUT2D eigenvalue weighted by atomic mass is 10.0. The third-order valence-corrected chi connectivity index (χ3v) is 17.1. The number of amides is 1. The molecule has 1 amide bonds. The Labute approximate surface area is 527 Å². The van der Waals surface area contributed by atoms with Gasteiger partial charge in [-0.05, 0) is 102 Å². The molecule has 0 saturated carbocycles. The molecule has 10 heteroatoms. The van der Waals surface area contributed by atoms with Crippen LogP contribution >= 0.6 is 7.82 Å². The first kappa shape index (κ1) is 82.5. The molecule has 0 saturated heterocycles. The first-order valence-electron chi connectivity index (χ1n) is 36.3. The molecule has 85 heavy (non-hydrogen) atoms. The highest BCUT2D eigenvalue weighted by Crippen LogP contribution is 2.43. The summed E-state index contributed by atoms with van der Waals surface area (Å²) in [5.41, 5.74) is 0. The minimum atomic E-state index is -4.46. The van der Waals surface area contributed by atoms with Crippen LogP contribution in [0.4, 0.5) is 0 Å². The van der Waals surface area contributed by atoms with Crippen molar-refractivity contribution < 1.29 is 37.3 Å². The average molecular weight is 1210 g/mol. The third kappa shape index (κ3) is 65.7. The van der Waals surface area contributed by atoms with Gasteiger partial charge in [0.25, 0.3) is 0 Å². The fourth-order valence-electron chi connectivity index (χ4n) is 10.5. The van der Waals surface area contributed by atoms with Gasteiger partial charge in [-0.2, -0.15) is 0 Å². The average Bonchev–Trinajstić information content (AvgIpc) is 3.50. The maximum Gasteiger partial charge on any atom is 0.472 e. The van der Waals surface area contributed by atoms with Gasteiger partial charge >= 0.3 is 13.8 Å². The van der Waals surface area contributed by atoms with Crippen LogP contribution in [0, 0.1) is 0 Å². The van der Waals surface area contributed by atoms with Crippen LogP contribution < -0.4 is 5.32 Å². The molecule has 3 unspecified atom stereocenters. The number of likely N-dealkylation sites (N-methyl/N-ethyl adjacent to an activating group) is 1. The maximum atomic E-state index is 13.6. The number of carbonyl (C=O) groups is 2. The molecule has 0 aliphatic carbocycles. The second kappa shape index (κ2) is 64.4. The zero-order valence-electron chi connectivity index (χ0n) is 56.9. The molecule has 0 aliphatic heterocycles. The minimum absolute atomic E-state index is 0.0373. The van der Waals surface area contributed by atoms with E-state index in [0.717, 1.165) is 89.9 Å². The van der Waals surface area contributed by atoms with E-state index in [4.69, 9.17) is 13.8 Å². The Bertz CT molecular complexity index is 1680. The lowest BCUT2D eigenvalue weighted by Crippen LogP contribution is -2.47. The molecule has 9 nitrogen and oxygen atoms in total. The van der Waals surface area contributed by atoms with Crippen molar-refractivity contribution in [1.29, 1.82) is 0 Å². The van der Waals surface area contributed by atoms with Gasteiger partial charge in [0, 0.05) is 12.8 Å². The second-order valence-electron chi connectivity index (χ2n) is 25.8. The first-order valence-corrected chi connectivity index (χ1v) is 37.8. The van der Waals surface area contributed by atoms with Gasteiger partial charge in [-0.25, -0.2) is 4.57 Å². The molecule has 3 atom stereocenters. The van der Waals surface area contributed by atoms with Crippen LogP contribution in [-0.2, 0) is 27.9 Å². The third-order valence-electron chi connectivity index (χ3n) is 16.1. The Balaban J connectivity index is 5.05. The standard InChI is InChI=1S/C75H139N2O7P/c1-7-10-13-16-19-22-25-28-30-32-34-35-36-37-38-39-40-41-43-44-46-49-52-55-58-61-64-67-74(78)76-72(71-83-85(80,81)82-70-69-77(4,5)6)73(66-63-60-57-54-51-48-27-24-21-18-15-12-9-3)84-75(79)68-65-62-59-56-53-50-47-45-42-33-31-29-26-23-20-17-14-11-8-2/h19-20,22-23,28-31,42,45,63,66,72-73H,7-18,21,24-27,32-41,43-44,46-62,64-65,67-71H2,1-6H3,(H-,76,78,80,81)/p+1/b22-19-,23-20-,30-28-,31-29-,45-42-,66-63-. The molecule has 2 N–H and O–H groups in total. The molecule has 0 aromatic heterocycles. The SMILES string of the molecule is CCCCC/C=C\C/C=C\C/C=C\CCCCCCCCC(=O)OC(/C=C\CCCCCCCCCCCCC)C(COP(=O)(O)OCC[N+](C)(C)C)NC(=O)CCCCCCCCCCCCCCCCCCC/C=C\C/C=C\CCCCC. The van der Waals surface area contributed by atoms with Crippen molar-refractivity contribution in [2.24, 2.45) is 0 Å². The summed E-state index contributed by atoms with van der Waals surface area (Å²) in [6, 6.07) is -0.856. The predicted molar refractivity (Wildman–Crippen MR) is 369 cm³/mol. The molecule has 0 aromatic carbocycles. The van der Waals surface area contributed by atoms with Crippen LogP contribution in [-0.4, -0.2) is 74.3 Å². The zero-order chi connectivity index (χ0) is 62.1. The number of esters is 1. The lowest BCUT2D eigenvalue weighted by molar-refractivity contribution is -0.870. The van der Waals surface area contributed by atoms with Gasteiger partial charge in [-0.15, -0.1) is 0 Å². The number of allylic oxidation sites excluding steroid dienone is 11. The second-order valence-corrected chi connectivity index (χ2v) is 27.2. The maximum absolute atomic E-state index is 13.6. The number of ether oxygens (including phenoxy) is 1. The van der Waals surface area contributed by atoms with Crippen LogP contribution in [0.2, 0.25) is 0 Å². The van der Waals surface area contributed by atoms with E-state index < -0.39 is 20.0 Å². The molecule has 0 aromatic rings. The highest BCUT2D eigenvalue weighted by Gasteiger charge is 2.30. The van der Waals surface area contributed by atoms with Crippen molar-refractivity contribution in [3.8, 4) is 0 Å². The fraction of sp³-hybridized carbons (Fsp3) is 0.813. The number of carbonyl (C=O) groups excluding carboxylic acids is 2. The van der Waals surface area contributed by atoms with Crippen molar-refractivity contribution >= 4 is 19.7 Å². The topological polar surface area (TPSA) is 111 Å². The van der Waals surface area contributed by atoms with Crippen LogP contribution in [0.3, 0.4) is 0 Å². The molecule has 0 heterocycles. The Kier molecular flexibility index (Phi) is 62.5. The number of rotatable bonds is 66. The molecule has 0 rings (SSSR count). The molecular formula is C75H140N2O7P+. The summed E-state index contributed by atoms with van der Waals surface area (Å²) in [5.74, 6) is -0.508. The molecular weight excluding hydrogens is 1070 g/mol. The predicted octanol–water partition coefficient (Wildman–Crippen LogP) is 23.1. The summed E-state index contributed by atoms with van der Waals surface area (Å²) in [6.45, 7) is 6.99. The summed E-state index contributed by atoms with van der Waals surface area (Å²) in [6.07, 6.45) is 84.8. The van der Waals surface area contributed by atoms with E-state index in [0.29, 0.717) is 17.4 Å². The number of nitrogens with zero attached hydrogens (tertiary/aromatic N) is 1. The highest BCUT2D eigenvalue weighted by atomic mass is 31.2. The Morgan fingerprint density at radius 2 is 0.718 bits per heavy atom. The molecule has 496 valence electrons. The van der Waals surface area contributed by atoms with Crippen molar-refractivity contribution in [3.05, 3.63) is 72.9 Å². The normalized spacial score (nSPS) is 13.9. The fourth-order valence-corrected chi connectivity index (χ4v) is 11.2. The van der Waals surface area contributed by atoms with Gasteiger partial charge in [-0.3, -0.25) is 18.6 Å². The van der Waals surface area contributed by atoms with Crippen molar-refractivity contribution in [2.75, 3.05) is 40.9 Å². The van der Waals surface area contributed by atoms with Gasteiger partial charge in [0.05, 0.1) is 33.8 Å². The molecule has 0 bridgehead atoms. The molecule has 0 spiro atoms. The number of hydrogen-bond acceptors (Lipinski definition) is 6. The van der Waals surface area contributed by atoms with Crippen LogP contribution in [0.15, 0.2) is 72.9 Å². The number of phosphoric ester groups is 1. The van der Waals surface area contributed by atoms with Crippen LogP contribution in [0.5, 0.6) is 0 Å². The number of hydrogen-bond donors (Lipinski definition) is 2. The number of unbranched alkanes of at least 4 members (excludes halogenated alkanes) is 40. The highest BCUT2D eigenvalue weighted by molar-refractivity contribution is 7.47. The largest absolute Gasteiger partial charge is 0.472 e. The van der Waals surface area contributed by atoms with E-state index in [1.807, 2.05) is 33.3 Å². The van der Waals surface area contributed by atoms with E-state index in [9.17, 15) is 19.0 Å². The monoisotopic (exact) mass is 1210 g/mol. The van der Waals surface area contributed by atoms with Crippen LogP contribution in [0.25, 0.3) is 0 Å². The van der Waals surface area contributed by atoms with E-state index in [-0.39, 0.29) is 31.5 Å². The summed E-state index contributed by atoms with van der Waals surface area (Å²) in [7, 11) is 1.49. The molecule has 0 radical (unpaired) electrons. The number of phosphoric acid groups is 1. The van der Waals surface area contributed by atoms with Gasteiger partial charge in [0.15, 0.2) is 0 Å². The van der Waals surface area contributed by atoms with E-state index >= 15 is 0 Å². The summed E-state index contributed by atoms with van der Waals surface area (Å²) in [4.78, 5) is 37.9. The van der Waals surface area contributed by atoms with Crippen molar-refractivity contribution in [1.82, 2.24) is 5.32 Å². The van der Waals surface area contributed by atoms with Gasteiger partial charge in [0.2, 0.25) is 5.91 Å². The molecule has 0 fully saturated rings. The summed E-state index contributed by atoms with van der Waals surface area (Å²) < 4.78 is 30.8. The van der Waals surface area contributed by atoms with Crippen LogP contribution in [0.1, 0.15) is 342 Å². The minimum Gasteiger partial charge on any atom is -0.456 e. The quantitative estimate of drug-likeness (QED) is 0.0205. The van der Waals surface area contributed by atoms with E-state index in [1.165, 1.54) is 218 Å². The Morgan fingerprint density at radius 1 is 0.412 bits per heavy atom. The lowest BCUT2D eigenvalue weighted by Gasteiger charge is -2.27. The van der Waals surface area contributed by atoms with Gasteiger partial charge in [-0.1, -0.05) is 299 Å².